The molecule has 0 radical (unpaired) electrons. The third-order valence-corrected chi connectivity index (χ3v) is 6.22. The summed E-state index contributed by atoms with van der Waals surface area (Å²) in [4.78, 5) is 28.8. The van der Waals surface area contributed by atoms with Gasteiger partial charge in [0, 0.05) is 31.0 Å². The molecule has 1 atom stereocenters. The molecule has 4 nitrogen and oxygen atoms in total. The topological polar surface area (TPSA) is 49.4 Å². The fourth-order valence-corrected chi connectivity index (χ4v) is 4.04. The molecule has 1 N–H and O–H groups in total. The zero-order valence-electron chi connectivity index (χ0n) is 20.8. The predicted octanol–water partition coefficient (Wildman–Crippen LogP) is 5.99. The van der Waals surface area contributed by atoms with Crippen molar-refractivity contribution in [1.82, 2.24) is 10.2 Å². The van der Waals surface area contributed by atoms with Crippen molar-refractivity contribution in [1.29, 1.82) is 0 Å². The van der Waals surface area contributed by atoms with Crippen molar-refractivity contribution >= 4 is 23.4 Å². The maximum absolute atomic E-state index is 13.6. The molecular weight excluding hydrogens is 456 g/mol. The van der Waals surface area contributed by atoms with Crippen molar-refractivity contribution in [3.05, 3.63) is 106 Å². The van der Waals surface area contributed by atoms with Crippen LogP contribution in [0.4, 0.5) is 0 Å². The molecule has 35 heavy (non-hydrogen) atoms. The van der Waals surface area contributed by atoms with E-state index in [1.165, 1.54) is 5.56 Å². The Kier molecular flexibility index (Phi) is 9.92. The number of nitrogens with one attached hydrogen (secondary N) is 1. The van der Waals surface area contributed by atoms with Crippen molar-refractivity contribution in [3.8, 4) is 0 Å². The second-order valence-corrected chi connectivity index (χ2v) is 9.91. The Hall–Kier alpha value is -3.11. The van der Waals surface area contributed by atoms with E-state index < -0.39 is 6.04 Å². The van der Waals surface area contributed by atoms with Gasteiger partial charge in [-0.3, -0.25) is 9.59 Å². The van der Waals surface area contributed by atoms with E-state index in [1.807, 2.05) is 61.5 Å². The number of aryl methyl sites for hydroxylation is 2. The molecule has 3 rings (SSSR count). The molecule has 0 saturated heterocycles. The van der Waals surface area contributed by atoms with Crippen molar-refractivity contribution < 1.29 is 9.59 Å². The van der Waals surface area contributed by atoms with Crippen LogP contribution in [0.1, 0.15) is 42.5 Å². The molecule has 0 unspecified atom stereocenters. The summed E-state index contributed by atoms with van der Waals surface area (Å²) < 4.78 is 0. The van der Waals surface area contributed by atoms with Gasteiger partial charge in [-0.05, 0) is 48.1 Å². The SMILES string of the molecule is Cc1ccc(CCC(=O)N(Cc2ccc(Cl)cc2)[C@@H](Cc2ccccc2)C(=O)NCC(C)C)cc1. The van der Waals surface area contributed by atoms with Crippen LogP contribution in [0.25, 0.3) is 0 Å². The van der Waals surface area contributed by atoms with Crippen LogP contribution in [-0.4, -0.2) is 29.3 Å². The average molecular weight is 491 g/mol. The first-order chi connectivity index (χ1) is 16.8. The van der Waals surface area contributed by atoms with Crippen LogP contribution in [0.3, 0.4) is 0 Å². The molecule has 3 aromatic carbocycles. The Morgan fingerprint density at radius 2 is 1.49 bits per heavy atom. The van der Waals surface area contributed by atoms with Gasteiger partial charge in [0.15, 0.2) is 0 Å². The molecule has 0 heterocycles. The number of rotatable bonds is 11. The molecular formula is C30H35ClN2O2. The van der Waals surface area contributed by atoms with Gasteiger partial charge in [-0.25, -0.2) is 0 Å². The lowest BCUT2D eigenvalue weighted by molar-refractivity contribution is -0.141. The lowest BCUT2D eigenvalue weighted by atomic mass is 10.0. The first-order valence-electron chi connectivity index (χ1n) is 12.2. The summed E-state index contributed by atoms with van der Waals surface area (Å²) in [7, 11) is 0. The highest BCUT2D eigenvalue weighted by molar-refractivity contribution is 6.30. The van der Waals surface area contributed by atoms with Crippen molar-refractivity contribution in [2.45, 2.75) is 52.6 Å². The number of hydrogen-bond donors (Lipinski definition) is 1. The summed E-state index contributed by atoms with van der Waals surface area (Å²) in [5.41, 5.74) is 4.26. The average Bonchev–Trinajstić information content (AvgIpc) is 2.86. The van der Waals surface area contributed by atoms with Gasteiger partial charge in [-0.1, -0.05) is 97.7 Å². The lowest BCUT2D eigenvalue weighted by Crippen LogP contribution is -2.51. The summed E-state index contributed by atoms with van der Waals surface area (Å²) >= 11 is 6.09. The molecule has 2 amide bonds. The van der Waals surface area contributed by atoms with Crippen LogP contribution in [0.15, 0.2) is 78.9 Å². The minimum atomic E-state index is -0.614. The van der Waals surface area contributed by atoms with Gasteiger partial charge < -0.3 is 10.2 Å². The smallest absolute Gasteiger partial charge is 0.243 e. The Morgan fingerprint density at radius 1 is 0.857 bits per heavy atom. The molecule has 5 heteroatoms. The summed E-state index contributed by atoms with van der Waals surface area (Å²) in [5.74, 6) is 0.152. The van der Waals surface area contributed by atoms with Crippen LogP contribution in [0.5, 0.6) is 0 Å². The van der Waals surface area contributed by atoms with Crippen LogP contribution in [0, 0.1) is 12.8 Å². The highest BCUT2D eigenvalue weighted by Crippen LogP contribution is 2.18. The fraction of sp³-hybridized carbons (Fsp3) is 0.333. The Morgan fingerprint density at radius 3 is 2.11 bits per heavy atom. The molecule has 0 spiro atoms. The van der Waals surface area contributed by atoms with Gasteiger partial charge in [0.25, 0.3) is 0 Å². The molecule has 0 aliphatic heterocycles. The monoisotopic (exact) mass is 490 g/mol. The van der Waals surface area contributed by atoms with Crippen molar-refractivity contribution in [2.75, 3.05) is 6.54 Å². The van der Waals surface area contributed by atoms with Crippen LogP contribution < -0.4 is 5.32 Å². The van der Waals surface area contributed by atoms with E-state index in [0.29, 0.717) is 43.3 Å². The standard InChI is InChI=1S/C30H35ClN2O2/c1-22(2)20-32-30(35)28(19-25-7-5-4-6-8-25)33(21-26-13-16-27(31)17-14-26)29(34)18-15-24-11-9-23(3)10-12-24/h4-14,16-17,22,28H,15,18-21H2,1-3H3,(H,32,35)/t28-/m0/s1. The van der Waals surface area contributed by atoms with Gasteiger partial charge in [-0.15, -0.1) is 0 Å². The van der Waals surface area contributed by atoms with Crippen molar-refractivity contribution in [3.63, 3.8) is 0 Å². The fourth-order valence-electron chi connectivity index (χ4n) is 3.91. The highest BCUT2D eigenvalue weighted by Gasteiger charge is 2.30. The molecule has 0 bridgehead atoms. The maximum Gasteiger partial charge on any atom is 0.243 e. The first-order valence-corrected chi connectivity index (χ1v) is 12.6. The van der Waals surface area contributed by atoms with Gasteiger partial charge in [0.05, 0.1) is 0 Å². The largest absolute Gasteiger partial charge is 0.354 e. The number of benzene rings is 3. The Labute approximate surface area is 214 Å². The predicted molar refractivity (Wildman–Crippen MR) is 143 cm³/mol. The number of carbonyl (C=O) groups excluding carboxylic acids is 2. The first kappa shape index (κ1) is 26.5. The van der Waals surface area contributed by atoms with E-state index in [2.05, 4.69) is 43.4 Å². The molecule has 0 fully saturated rings. The van der Waals surface area contributed by atoms with Crippen molar-refractivity contribution in [2.24, 2.45) is 5.92 Å². The third kappa shape index (κ3) is 8.56. The molecule has 3 aromatic rings. The van der Waals surface area contributed by atoms with E-state index >= 15 is 0 Å². The molecule has 0 aliphatic rings. The normalized spacial score (nSPS) is 11.8. The lowest BCUT2D eigenvalue weighted by Gasteiger charge is -2.32. The quantitative estimate of drug-likeness (QED) is 0.358. The highest BCUT2D eigenvalue weighted by atomic mass is 35.5. The van der Waals surface area contributed by atoms with E-state index in [-0.39, 0.29) is 11.8 Å². The Balaban J connectivity index is 1.88. The molecule has 0 saturated carbocycles. The molecule has 0 aliphatic carbocycles. The third-order valence-electron chi connectivity index (χ3n) is 5.97. The van der Waals surface area contributed by atoms with Gasteiger partial charge in [-0.2, -0.15) is 0 Å². The van der Waals surface area contributed by atoms with Crippen LogP contribution in [-0.2, 0) is 29.0 Å². The summed E-state index contributed by atoms with van der Waals surface area (Å²) in [6, 6.07) is 24.9. The maximum atomic E-state index is 13.6. The van der Waals surface area contributed by atoms with E-state index in [9.17, 15) is 9.59 Å². The number of nitrogens with zero attached hydrogens (tertiary/aromatic N) is 1. The van der Waals surface area contributed by atoms with Gasteiger partial charge >= 0.3 is 0 Å². The van der Waals surface area contributed by atoms with Gasteiger partial charge in [0.1, 0.15) is 6.04 Å². The number of carbonyl (C=O) groups is 2. The summed E-state index contributed by atoms with van der Waals surface area (Å²) in [6.07, 6.45) is 1.41. The van der Waals surface area contributed by atoms with E-state index in [4.69, 9.17) is 11.6 Å². The Bertz CT molecular complexity index is 1080. The van der Waals surface area contributed by atoms with Crippen LogP contribution in [0.2, 0.25) is 5.02 Å². The second kappa shape index (κ2) is 13.1. The van der Waals surface area contributed by atoms with Crippen LogP contribution >= 0.6 is 11.6 Å². The minimum Gasteiger partial charge on any atom is -0.354 e. The number of amides is 2. The second-order valence-electron chi connectivity index (χ2n) is 9.48. The molecule has 0 aromatic heterocycles. The van der Waals surface area contributed by atoms with E-state index in [1.54, 1.807) is 4.90 Å². The zero-order valence-corrected chi connectivity index (χ0v) is 21.6. The van der Waals surface area contributed by atoms with E-state index in [0.717, 1.165) is 16.7 Å². The zero-order chi connectivity index (χ0) is 25.2. The van der Waals surface area contributed by atoms with Gasteiger partial charge in [0.2, 0.25) is 11.8 Å². The number of halogens is 1. The number of hydrogen-bond acceptors (Lipinski definition) is 2. The summed E-state index contributed by atoms with van der Waals surface area (Å²) in [5, 5.41) is 3.70. The summed E-state index contributed by atoms with van der Waals surface area (Å²) in [6.45, 7) is 7.08. The minimum absolute atomic E-state index is 0.0406. The molecule has 184 valence electrons.